The van der Waals surface area contributed by atoms with Crippen molar-refractivity contribution in [1.29, 1.82) is 0 Å². The molecule has 0 bridgehead atoms. The molecule has 12 aromatic rings. The van der Waals surface area contributed by atoms with Gasteiger partial charge in [-0.3, -0.25) is 0 Å². The summed E-state index contributed by atoms with van der Waals surface area (Å²) in [5.74, 6) is 0. The van der Waals surface area contributed by atoms with Crippen molar-refractivity contribution in [2.75, 3.05) is 4.90 Å². The zero-order chi connectivity index (χ0) is 41.0. The van der Waals surface area contributed by atoms with Crippen LogP contribution in [0.15, 0.2) is 241 Å². The molecular weight excluding hydrogens is 751 g/mol. The predicted molar refractivity (Wildman–Crippen MR) is 263 cm³/mol. The highest BCUT2D eigenvalue weighted by molar-refractivity contribution is 6.12. The van der Waals surface area contributed by atoms with Crippen LogP contribution in [-0.2, 0) is 0 Å². The highest BCUT2D eigenvalue weighted by atomic mass is 16.3. The van der Waals surface area contributed by atoms with Crippen LogP contribution in [-0.4, -0.2) is 0 Å². The van der Waals surface area contributed by atoms with Crippen LogP contribution in [0.1, 0.15) is 0 Å². The summed E-state index contributed by atoms with van der Waals surface area (Å²) < 4.78 is 6.26. The first-order valence-corrected chi connectivity index (χ1v) is 21.2. The molecule has 1 aromatic heterocycles. The lowest BCUT2D eigenvalue weighted by Crippen LogP contribution is -2.11. The maximum atomic E-state index is 6.26. The van der Waals surface area contributed by atoms with Crippen LogP contribution in [0.4, 0.5) is 17.1 Å². The van der Waals surface area contributed by atoms with Crippen LogP contribution in [0.3, 0.4) is 0 Å². The van der Waals surface area contributed by atoms with E-state index < -0.39 is 0 Å². The molecule has 62 heavy (non-hydrogen) atoms. The van der Waals surface area contributed by atoms with Crippen molar-refractivity contribution in [1.82, 2.24) is 0 Å². The Morgan fingerprint density at radius 2 is 0.855 bits per heavy atom. The Hall–Kier alpha value is -8.20. The smallest absolute Gasteiger partial charge is 0.135 e. The number of hydrogen-bond donors (Lipinski definition) is 0. The second kappa shape index (κ2) is 14.8. The summed E-state index contributed by atoms with van der Waals surface area (Å²) in [6.07, 6.45) is 0. The van der Waals surface area contributed by atoms with Crippen LogP contribution < -0.4 is 4.90 Å². The normalized spacial score (nSPS) is 11.5. The number of hydrogen-bond acceptors (Lipinski definition) is 2. The van der Waals surface area contributed by atoms with Gasteiger partial charge in [-0.15, -0.1) is 0 Å². The maximum absolute atomic E-state index is 6.26. The van der Waals surface area contributed by atoms with E-state index in [1.54, 1.807) is 0 Å². The van der Waals surface area contributed by atoms with E-state index in [0.29, 0.717) is 0 Å². The molecule has 0 atom stereocenters. The Morgan fingerprint density at radius 3 is 1.76 bits per heavy atom. The molecule has 0 aliphatic heterocycles. The second-order valence-corrected chi connectivity index (χ2v) is 16.1. The first-order valence-electron chi connectivity index (χ1n) is 21.2. The van der Waals surface area contributed by atoms with Gasteiger partial charge in [0.15, 0.2) is 0 Å². The molecule has 11 aromatic carbocycles. The van der Waals surface area contributed by atoms with Crippen molar-refractivity contribution < 1.29 is 4.42 Å². The van der Waals surface area contributed by atoms with Gasteiger partial charge >= 0.3 is 0 Å². The fourth-order valence-corrected chi connectivity index (χ4v) is 9.39. The Bertz CT molecular complexity index is 3650. The molecule has 12 rings (SSSR count). The Morgan fingerprint density at radius 1 is 0.258 bits per heavy atom. The summed E-state index contributed by atoms with van der Waals surface area (Å²) in [6, 6.07) is 85.7. The Balaban J connectivity index is 0.994. The molecule has 290 valence electrons. The quantitative estimate of drug-likeness (QED) is 0.150. The number of fused-ring (bicyclic) bond motifs is 7. The minimum atomic E-state index is 0.889. The highest BCUT2D eigenvalue weighted by Gasteiger charge is 2.20. The molecule has 2 heteroatoms. The lowest BCUT2D eigenvalue weighted by Gasteiger charge is -2.28. The van der Waals surface area contributed by atoms with E-state index in [4.69, 9.17) is 4.42 Å². The number of rotatable bonds is 7. The lowest BCUT2D eigenvalue weighted by atomic mass is 9.94. The molecule has 0 aliphatic rings. The van der Waals surface area contributed by atoms with E-state index >= 15 is 0 Å². The van der Waals surface area contributed by atoms with Gasteiger partial charge in [0, 0.05) is 27.7 Å². The van der Waals surface area contributed by atoms with Crippen molar-refractivity contribution in [3.63, 3.8) is 0 Å². The Labute approximate surface area is 360 Å². The summed E-state index contributed by atoms with van der Waals surface area (Å²) in [4.78, 5) is 2.41. The van der Waals surface area contributed by atoms with Crippen molar-refractivity contribution in [3.8, 4) is 44.5 Å². The van der Waals surface area contributed by atoms with E-state index in [9.17, 15) is 0 Å². The average Bonchev–Trinajstić information content (AvgIpc) is 3.72. The number of nitrogens with zero attached hydrogens (tertiary/aromatic N) is 1. The summed E-state index contributed by atoms with van der Waals surface area (Å²) in [7, 11) is 0. The SMILES string of the molecule is c1cc(-c2ccc(N(c3cccc(-c4cccc5c4ccc4ccccc45)c3)c3ccccc3-c3ccc4oc5ccccc5c4c3)cc2)cc(-c2ccc3ccccc3c2)c1. The van der Waals surface area contributed by atoms with Gasteiger partial charge in [0.25, 0.3) is 0 Å². The largest absolute Gasteiger partial charge is 0.456 e. The van der Waals surface area contributed by atoms with Gasteiger partial charge in [-0.1, -0.05) is 176 Å². The number of anilines is 3. The van der Waals surface area contributed by atoms with Gasteiger partial charge < -0.3 is 9.32 Å². The number of benzene rings is 11. The van der Waals surface area contributed by atoms with E-state index in [2.05, 4.69) is 229 Å². The first kappa shape index (κ1) is 35.7. The minimum Gasteiger partial charge on any atom is -0.456 e. The summed E-state index contributed by atoms with van der Waals surface area (Å²) >= 11 is 0. The van der Waals surface area contributed by atoms with E-state index in [-0.39, 0.29) is 0 Å². The van der Waals surface area contributed by atoms with Crippen LogP contribution >= 0.6 is 0 Å². The van der Waals surface area contributed by atoms with Gasteiger partial charge in [-0.25, -0.2) is 0 Å². The first-order chi connectivity index (χ1) is 30.7. The van der Waals surface area contributed by atoms with Crippen LogP contribution in [0.5, 0.6) is 0 Å². The van der Waals surface area contributed by atoms with Crippen molar-refractivity contribution in [3.05, 3.63) is 237 Å². The lowest BCUT2D eigenvalue weighted by molar-refractivity contribution is 0.669. The molecule has 0 saturated carbocycles. The van der Waals surface area contributed by atoms with Gasteiger partial charge in [0.05, 0.1) is 5.69 Å². The molecule has 0 spiro atoms. The fourth-order valence-electron chi connectivity index (χ4n) is 9.39. The molecule has 2 nitrogen and oxygen atoms in total. The minimum absolute atomic E-state index is 0.889. The van der Waals surface area contributed by atoms with E-state index in [1.807, 2.05) is 12.1 Å². The van der Waals surface area contributed by atoms with Crippen molar-refractivity contribution in [2.24, 2.45) is 0 Å². The number of furan rings is 1. The summed E-state index contributed by atoms with van der Waals surface area (Å²) in [6.45, 7) is 0. The monoisotopic (exact) mass is 789 g/mol. The molecule has 0 fully saturated rings. The van der Waals surface area contributed by atoms with E-state index in [0.717, 1.165) is 50.1 Å². The molecule has 0 aliphatic carbocycles. The van der Waals surface area contributed by atoms with Gasteiger partial charge in [-0.05, 0) is 132 Å². The third-order valence-electron chi connectivity index (χ3n) is 12.4. The van der Waals surface area contributed by atoms with Crippen LogP contribution in [0, 0.1) is 0 Å². The molecular formula is C60H39NO. The predicted octanol–water partition coefficient (Wildman–Crippen LogP) is 17.2. The van der Waals surface area contributed by atoms with Crippen LogP contribution in [0.2, 0.25) is 0 Å². The average molecular weight is 790 g/mol. The standard InChI is InChI=1S/C60H39NO/c1-2-14-43-37-46(27-26-40(43)12-1)45-16-9-15-44(36-45)41-28-32-49(33-29-41)61(58-24-7-5-20-53(58)48-31-35-60-57(39-48)56-21-6-8-25-59(56)62-60)50-18-10-17-47(38-50)52-22-11-23-54-51-19-4-3-13-42(51)30-34-55(52)54/h1-39H. The molecule has 0 unspecified atom stereocenters. The zero-order valence-electron chi connectivity index (χ0n) is 33.9. The maximum Gasteiger partial charge on any atom is 0.135 e. The molecule has 0 radical (unpaired) electrons. The molecule has 0 N–H and O–H groups in total. The molecule has 0 saturated heterocycles. The highest BCUT2D eigenvalue weighted by Crippen LogP contribution is 2.44. The van der Waals surface area contributed by atoms with Gasteiger partial charge in [0.2, 0.25) is 0 Å². The van der Waals surface area contributed by atoms with Crippen molar-refractivity contribution >= 4 is 71.3 Å². The Kier molecular flexibility index (Phi) is 8.53. The van der Waals surface area contributed by atoms with Gasteiger partial charge in [-0.2, -0.15) is 0 Å². The van der Waals surface area contributed by atoms with E-state index in [1.165, 1.54) is 65.7 Å². The molecule has 1 heterocycles. The third kappa shape index (κ3) is 6.20. The van der Waals surface area contributed by atoms with Crippen LogP contribution in [0.25, 0.3) is 98.8 Å². The number of para-hydroxylation sites is 2. The fraction of sp³-hybridized carbons (Fsp3) is 0. The zero-order valence-corrected chi connectivity index (χ0v) is 33.9. The molecule has 0 amide bonds. The summed E-state index contributed by atoms with van der Waals surface area (Å²) in [5.41, 5.74) is 14.4. The summed E-state index contributed by atoms with van der Waals surface area (Å²) in [5, 5.41) is 9.75. The van der Waals surface area contributed by atoms with Crippen molar-refractivity contribution in [2.45, 2.75) is 0 Å². The third-order valence-corrected chi connectivity index (χ3v) is 12.4. The topological polar surface area (TPSA) is 16.4 Å². The van der Waals surface area contributed by atoms with Gasteiger partial charge in [0.1, 0.15) is 11.2 Å². The second-order valence-electron chi connectivity index (χ2n) is 16.1.